The number of pyridine rings is 1. The fourth-order valence-electron chi connectivity index (χ4n) is 7.48. The first-order valence-corrected chi connectivity index (χ1v) is 17.4. The molecule has 10 rings (SSSR count). The van der Waals surface area contributed by atoms with Crippen molar-refractivity contribution in [3.63, 3.8) is 0 Å². The molecule has 0 unspecified atom stereocenters. The van der Waals surface area contributed by atoms with Crippen LogP contribution in [0.4, 0.5) is 0 Å². The summed E-state index contributed by atoms with van der Waals surface area (Å²) in [5.41, 5.74) is 12.7. The SMILES string of the molecule is c1ccc(-c2cc(-c3ccccc3)nc(-c3cccc4oc5ccc(-c6ccc(-c7ccc8ccc9ccccc9c8c7)cc6)cc5c34)c2)cc1. The van der Waals surface area contributed by atoms with Gasteiger partial charge in [0.1, 0.15) is 11.2 Å². The first-order chi connectivity index (χ1) is 25.2. The molecule has 0 aliphatic rings. The van der Waals surface area contributed by atoms with Gasteiger partial charge < -0.3 is 4.42 Å². The molecule has 0 aliphatic heterocycles. The number of benzene rings is 8. The van der Waals surface area contributed by atoms with Crippen molar-refractivity contribution in [2.24, 2.45) is 0 Å². The van der Waals surface area contributed by atoms with Crippen molar-refractivity contribution in [2.45, 2.75) is 0 Å². The highest BCUT2D eigenvalue weighted by molar-refractivity contribution is 6.13. The highest BCUT2D eigenvalue weighted by Gasteiger charge is 2.17. The van der Waals surface area contributed by atoms with Crippen molar-refractivity contribution in [2.75, 3.05) is 0 Å². The Hall–Kier alpha value is -6.77. The largest absolute Gasteiger partial charge is 0.456 e. The molecule has 0 amide bonds. The van der Waals surface area contributed by atoms with Crippen LogP contribution in [0.2, 0.25) is 0 Å². The Labute approximate surface area is 295 Å². The van der Waals surface area contributed by atoms with Gasteiger partial charge in [-0.2, -0.15) is 0 Å². The van der Waals surface area contributed by atoms with Gasteiger partial charge >= 0.3 is 0 Å². The molecular formula is C49H31NO. The molecular weight excluding hydrogens is 619 g/mol. The fraction of sp³-hybridized carbons (Fsp3) is 0. The third-order valence-electron chi connectivity index (χ3n) is 10.1. The molecule has 0 aliphatic carbocycles. The smallest absolute Gasteiger partial charge is 0.136 e. The van der Waals surface area contributed by atoms with Crippen molar-refractivity contribution in [3.8, 4) is 55.9 Å². The van der Waals surface area contributed by atoms with Gasteiger partial charge in [-0.05, 0) is 91.3 Å². The zero-order chi connectivity index (χ0) is 33.7. The Morgan fingerprint density at radius 3 is 1.65 bits per heavy atom. The van der Waals surface area contributed by atoms with E-state index in [0.717, 1.165) is 66.7 Å². The summed E-state index contributed by atoms with van der Waals surface area (Å²) in [6.07, 6.45) is 0. The van der Waals surface area contributed by atoms with E-state index < -0.39 is 0 Å². The van der Waals surface area contributed by atoms with Crippen LogP contribution in [0, 0.1) is 0 Å². The molecule has 10 aromatic rings. The van der Waals surface area contributed by atoms with Gasteiger partial charge in [-0.25, -0.2) is 4.98 Å². The van der Waals surface area contributed by atoms with Crippen LogP contribution in [0.3, 0.4) is 0 Å². The van der Waals surface area contributed by atoms with E-state index in [2.05, 4.69) is 182 Å². The van der Waals surface area contributed by atoms with Crippen molar-refractivity contribution < 1.29 is 4.42 Å². The zero-order valence-electron chi connectivity index (χ0n) is 27.8. The summed E-state index contributed by atoms with van der Waals surface area (Å²) in [6.45, 7) is 0. The van der Waals surface area contributed by atoms with Crippen LogP contribution in [0.5, 0.6) is 0 Å². The van der Waals surface area contributed by atoms with E-state index in [0.29, 0.717) is 0 Å². The van der Waals surface area contributed by atoms with Crippen molar-refractivity contribution in [3.05, 3.63) is 188 Å². The summed E-state index contributed by atoms with van der Waals surface area (Å²) in [5, 5.41) is 7.24. The minimum atomic E-state index is 0.854. The Balaban J connectivity index is 1.07. The van der Waals surface area contributed by atoms with Gasteiger partial charge in [-0.15, -0.1) is 0 Å². The average molecular weight is 650 g/mol. The van der Waals surface area contributed by atoms with E-state index in [1.54, 1.807) is 0 Å². The van der Waals surface area contributed by atoms with Gasteiger partial charge in [0.2, 0.25) is 0 Å². The van der Waals surface area contributed by atoms with Crippen LogP contribution in [0.15, 0.2) is 192 Å². The molecule has 0 spiro atoms. The van der Waals surface area contributed by atoms with Crippen LogP contribution in [-0.2, 0) is 0 Å². The molecule has 2 heterocycles. The van der Waals surface area contributed by atoms with Crippen LogP contribution >= 0.6 is 0 Å². The molecule has 8 aromatic carbocycles. The second-order valence-electron chi connectivity index (χ2n) is 13.2. The number of hydrogen-bond acceptors (Lipinski definition) is 2. The normalized spacial score (nSPS) is 11.5. The van der Waals surface area contributed by atoms with Crippen LogP contribution in [0.25, 0.3) is 99.4 Å². The lowest BCUT2D eigenvalue weighted by atomic mass is 9.95. The predicted molar refractivity (Wildman–Crippen MR) is 214 cm³/mol. The molecule has 0 radical (unpaired) electrons. The molecule has 2 nitrogen and oxygen atoms in total. The van der Waals surface area contributed by atoms with Gasteiger partial charge in [-0.3, -0.25) is 0 Å². The second-order valence-corrected chi connectivity index (χ2v) is 13.2. The van der Waals surface area contributed by atoms with Gasteiger partial charge in [0.25, 0.3) is 0 Å². The highest BCUT2D eigenvalue weighted by Crippen LogP contribution is 2.40. The lowest BCUT2D eigenvalue weighted by Gasteiger charge is -2.11. The van der Waals surface area contributed by atoms with Crippen LogP contribution < -0.4 is 0 Å². The summed E-state index contributed by atoms with van der Waals surface area (Å²) < 4.78 is 6.45. The molecule has 0 atom stereocenters. The maximum atomic E-state index is 6.45. The fourth-order valence-corrected chi connectivity index (χ4v) is 7.48. The number of aromatic nitrogens is 1. The Kier molecular flexibility index (Phi) is 6.85. The predicted octanol–water partition coefficient (Wildman–Crippen LogP) is 13.6. The Morgan fingerprint density at radius 1 is 0.314 bits per heavy atom. The molecule has 51 heavy (non-hydrogen) atoms. The maximum absolute atomic E-state index is 6.45. The molecule has 2 aromatic heterocycles. The molecule has 2 heteroatoms. The van der Waals surface area contributed by atoms with E-state index in [1.165, 1.54) is 32.7 Å². The average Bonchev–Trinajstić information content (AvgIpc) is 3.59. The topological polar surface area (TPSA) is 26.0 Å². The van der Waals surface area contributed by atoms with Crippen LogP contribution in [0.1, 0.15) is 0 Å². The lowest BCUT2D eigenvalue weighted by Crippen LogP contribution is -1.91. The molecule has 0 fully saturated rings. The number of rotatable bonds is 5. The molecule has 0 N–H and O–H groups in total. The third-order valence-corrected chi connectivity index (χ3v) is 10.1. The number of furan rings is 1. The highest BCUT2D eigenvalue weighted by atomic mass is 16.3. The molecule has 238 valence electrons. The minimum Gasteiger partial charge on any atom is -0.456 e. The summed E-state index contributed by atoms with van der Waals surface area (Å²) in [6, 6.07) is 66.8. The van der Waals surface area contributed by atoms with E-state index in [-0.39, 0.29) is 0 Å². The number of hydrogen-bond donors (Lipinski definition) is 0. The van der Waals surface area contributed by atoms with Crippen molar-refractivity contribution in [1.29, 1.82) is 0 Å². The quantitative estimate of drug-likeness (QED) is 0.173. The maximum Gasteiger partial charge on any atom is 0.136 e. The summed E-state index contributed by atoms with van der Waals surface area (Å²) in [4.78, 5) is 5.25. The van der Waals surface area contributed by atoms with Crippen LogP contribution in [-0.4, -0.2) is 4.98 Å². The van der Waals surface area contributed by atoms with Gasteiger partial charge in [-0.1, -0.05) is 152 Å². The van der Waals surface area contributed by atoms with Gasteiger partial charge in [0, 0.05) is 21.9 Å². The molecule has 0 saturated heterocycles. The van der Waals surface area contributed by atoms with E-state index in [9.17, 15) is 0 Å². The van der Waals surface area contributed by atoms with Crippen molar-refractivity contribution in [1.82, 2.24) is 4.98 Å². The molecule has 0 saturated carbocycles. The van der Waals surface area contributed by atoms with Crippen molar-refractivity contribution >= 4 is 43.5 Å². The van der Waals surface area contributed by atoms with E-state index in [4.69, 9.17) is 9.40 Å². The Morgan fingerprint density at radius 2 is 0.882 bits per heavy atom. The summed E-state index contributed by atoms with van der Waals surface area (Å²) in [7, 11) is 0. The minimum absolute atomic E-state index is 0.854. The lowest BCUT2D eigenvalue weighted by molar-refractivity contribution is 0.669. The second kappa shape index (κ2) is 12.0. The molecule has 0 bridgehead atoms. The summed E-state index contributed by atoms with van der Waals surface area (Å²) in [5.74, 6) is 0. The van der Waals surface area contributed by atoms with E-state index in [1.807, 2.05) is 6.07 Å². The first kappa shape index (κ1) is 29.2. The summed E-state index contributed by atoms with van der Waals surface area (Å²) >= 11 is 0. The monoisotopic (exact) mass is 649 g/mol. The third kappa shape index (κ3) is 5.17. The number of nitrogens with zero attached hydrogens (tertiary/aromatic N) is 1. The first-order valence-electron chi connectivity index (χ1n) is 17.4. The standard InChI is InChI=1S/C49H31NO/c1-3-10-32(11-4-1)40-30-45(37-13-5-2-6-14-37)50-46(31-40)42-16-9-17-48-49(42)44-29-39(26-27-47(44)51-48)34-20-18-33(19-21-34)38-25-24-36-23-22-35-12-7-8-15-41(35)43(36)28-38/h1-31H. The van der Waals surface area contributed by atoms with Gasteiger partial charge in [0.15, 0.2) is 0 Å². The zero-order valence-corrected chi connectivity index (χ0v) is 27.8. The van der Waals surface area contributed by atoms with E-state index >= 15 is 0 Å². The Bertz CT molecular complexity index is 2830. The number of fused-ring (bicyclic) bond motifs is 6. The van der Waals surface area contributed by atoms with Gasteiger partial charge in [0.05, 0.1) is 11.4 Å².